The number of rotatable bonds is 7. The van der Waals surface area contributed by atoms with Crippen molar-refractivity contribution in [2.24, 2.45) is 5.73 Å². The zero-order valence-electron chi connectivity index (χ0n) is 10.5. The SMILES string of the molecule is NCCCCCCC(=O)Nc1cc(F)cc(F)c1F. The number of nitrogens with one attached hydrogen (secondary N) is 1. The maximum atomic E-state index is 13.3. The first-order valence-electron chi connectivity index (χ1n) is 6.19. The van der Waals surface area contributed by atoms with Crippen molar-refractivity contribution in [3.05, 3.63) is 29.6 Å². The lowest BCUT2D eigenvalue weighted by atomic mass is 10.1. The van der Waals surface area contributed by atoms with Crippen LogP contribution in [0.4, 0.5) is 18.9 Å². The maximum Gasteiger partial charge on any atom is 0.224 e. The van der Waals surface area contributed by atoms with E-state index in [9.17, 15) is 18.0 Å². The lowest BCUT2D eigenvalue weighted by Gasteiger charge is -2.07. The highest BCUT2D eigenvalue weighted by atomic mass is 19.2. The Morgan fingerprint density at radius 2 is 1.79 bits per heavy atom. The van der Waals surface area contributed by atoms with Gasteiger partial charge in [-0.3, -0.25) is 4.79 Å². The van der Waals surface area contributed by atoms with E-state index in [1.807, 2.05) is 0 Å². The first-order valence-corrected chi connectivity index (χ1v) is 6.19. The number of anilines is 1. The van der Waals surface area contributed by atoms with Crippen molar-refractivity contribution in [1.29, 1.82) is 0 Å². The van der Waals surface area contributed by atoms with Crippen molar-refractivity contribution < 1.29 is 18.0 Å². The van der Waals surface area contributed by atoms with Crippen molar-refractivity contribution in [3.8, 4) is 0 Å². The Bertz CT molecular complexity index is 438. The summed E-state index contributed by atoms with van der Waals surface area (Å²) in [6.07, 6.45) is 3.47. The smallest absolute Gasteiger partial charge is 0.224 e. The van der Waals surface area contributed by atoms with Crippen molar-refractivity contribution in [1.82, 2.24) is 0 Å². The highest BCUT2D eigenvalue weighted by Crippen LogP contribution is 2.19. The number of hydrogen-bond acceptors (Lipinski definition) is 2. The molecule has 0 radical (unpaired) electrons. The molecule has 1 aromatic carbocycles. The molecule has 0 atom stereocenters. The third kappa shape index (κ3) is 5.30. The quantitative estimate of drug-likeness (QED) is 0.593. The van der Waals surface area contributed by atoms with E-state index < -0.39 is 29.0 Å². The molecule has 0 heterocycles. The van der Waals surface area contributed by atoms with Gasteiger partial charge in [-0.05, 0) is 19.4 Å². The molecule has 0 spiro atoms. The fourth-order valence-corrected chi connectivity index (χ4v) is 1.64. The van der Waals surface area contributed by atoms with Gasteiger partial charge in [-0.2, -0.15) is 0 Å². The van der Waals surface area contributed by atoms with Gasteiger partial charge in [0, 0.05) is 18.6 Å². The summed E-state index contributed by atoms with van der Waals surface area (Å²) in [7, 11) is 0. The van der Waals surface area contributed by atoms with Crippen LogP contribution in [0.15, 0.2) is 12.1 Å². The molecule has 0 aliphatic carbocycles. The number of carbonyl (C=O) groups excluding carboxylic acids is 1. The molecule has 0 aromatic heterocycles. The van der Waals surface area contributed by atoms with E-state index in [1.165, 1.54) is 0 Å². The van der Waals surface area contributed by atoms with Crippen molar-refractivity contribution in [2.45, 2.75) is 32.1 Å². The number of carbonyl (C=O) groups is 1. The van der Waals surface area contributed by atoms with Gasteiger partial charge < -0.3 is 11.1 Å². The highest BCUT2D eigenvalue weighted by Gasteiger charge is 2.13. The van der Waals surface area contributed by atoms with Crippen LogP contribution in [0.2, 0.25) is 0 Å². The molecule has 0 bridgehead atoms. The molecule has 6 heteroatoms. The third-order valence-corrected chi connectivity index (χ3v) is 2.63. The Kier molecular flexibility index (Phi) is 6.35. The van der Waals surface area contributed by atoms with Crippen LogP contribution < -0.4 is 11.1 Å². The largest absolute Gasteiger partial charge is 0.330 e. The van der Waals surface area contributed by atoms with E-state index in [0.717, 1.165) is 25.3 Å². The Morgan fingerprint density at radius 3 is 2.47 bits per heavy atom. The average molecular weight is 274 g/mol. The summed E-state index contributed by atoms with van der Waals surface area (Å²) in [6, 6.07) is 1.18. The minimum atomic E-state index is -1.32. The van der Waals surface area contributed by atoms with E-state index in [0.29, 0.717) is 19.0 Å². The molecule has 0 fully saturated rings. The lowest BCUT2D eigenvalue weighted by molar-refractivity contribution is -0.116. The molecule has 0 aliphatic rings. The van der Waals surface area contributed by atoms with Gasteiger partial charge in [-0.1, -0.05) is 12.8 Å². The Labute approximate surface area is 110 Å². The first-order chi connectivity index (χ1) is 9.04. The van der Waals surface area contributed by atoms with E-state index in [4.69, 9.17) is 5.73 Å². The number of amides is 1. The van der Waals surface area contributed by atoms with E-state index in [1.54, 1.807) is 0 Å². The standard InChI is InChI=1S/C13H17F3N2O/c14-9-7-10(15)13(16)11(8-9)18-12(19)5-3-1-2-4-6-17/h7-8H,1-6,17H2,(H,18,19). The predicted molar refractivity (Wildman–Crippen MR) is 67.1 cm³/mol. The summed E-state index contributed by atoms with van der Waals surface area (Å²) in [6.45, 7) is 0.611. The average Bonchev–Trinajstić information content (AvgIpc) is 2.35. The normalized spacial score (nSPS) is 10.5. The Hall–Kier alpha value is -1.56. The van der Waals surface area contributed by atoms with Crippen LogP contribution in [-0.2, 0) is 4.79 Å². The number of halogens is 3. The summed E-state index contributed by atoms with van der Waals surface area (Å²) in [5.74, 6) is -3.97. The van der Waals surface area contributed by atoms with Crippen molar-refractivity contribution in [3.63, 3.8) is 0 Å². The van der Waals surface area contributed by atoms with Gasteiger partial charge in [0.15, 0.2) is 11.6 Å². The van der Waals surface area contributed by atoms with Gasteiger partial charge in [-0.15, -0.1) is 0 Å². The summed E-state index contributed by atoms with van der Waals surface area (Å²) < 4.78 is 39.0. The van der Waals surface area contributed by atoms with Crippen LogP contribution >= 0.6 is 0 Å². The monoisotopic (exact) mass is 274 g/mol. The summed E-state index contributed by atoms with van der Waals surface area (Å²) in [5, 5.41) is 2.16. The van der Waals surface area contributed by atoms with E-state index in [2.05, 4.69) is 5.32 Å². The predicted octanol–water partition coefficient (Wildman–Crippen LogP) is 2.95. The zero-order chi connectivity index (χ0) is 14.3. The van der Waals surface area contributed by atoms with Gasteiger partial charge in [0.2, 0.25) is 5.91 Å². The molecule has 1 rings (SSSR count). The van der Waals surface area contributed by atoms with Crippen LogP contribution in [0, 0.1) is 17.5 Å². The molecule has 1 amide bonds. The van der Waals surface area contributed by atoms with Gasteiger partial charge >= 0.3 is 0 Å². The first kappa shape index (κ1) is 15.5. The minimum Gasteiger partial charge on any atom is -0.330 e. The number of nitrogens with two attached hydrogens (primary N) is 1. The molecule has 0 saturated heterocycles. The molecular formula is C13H17F3N2O. The van der Waals surface area contributed by atoms with Gasteiger partial charge in [-0.25, -0.2) is 13.2 Å². The molecule has 0 saturated carbocycles. The molecule has 0 aliphatic heterocycles. The van der Waals surface area contributed by atoms with Crippen LogP contribution in [0.3, 0.4) is 0 Å². The topological polar surface area (TPSA) is 55.1 Å². The highest BCUT2D eigenvalue weighted by molar-refractivity contribution is 5.90. The molecule has 1 aromatic rings. The Morgan fingerprint density at radius 1 is 1.11 bits per heavy atom. The maximum absolute atomic E-state index is 13.3. The van der Waals surface area contributed by atoms with Crippen LogP contribution in [0.5, 0.6) is 0 Å². The fraction of sp³-hybridized carbons (Fsp3) is 0.462. The van der Waals surface area contributed by atoms with Crippen LogP contribution in [0.1, 0.15) is 32.1 Å². The number of hydrogen-bond donors (Lipinski definition) is 2. The third-order valence-electron chi connectivity index (χ3n) is 2.63. The number of benzene rings is 1. The fourth-order valence-electron chi connectivity index (χ4n) is 1.64. The second-order valence-corrected chi connectivity index (χ2v) is 4.25. The van der Waals surface area contributed by atoms with Gasteiger partial charge in [0.05, 0.1) is 5.69 Å². The second-order valence-electron chi connectivity index (χ2n) is 4.25. The van der Waals surface area contributed by atoms with Crippen molar-refractivity contribution >= 4 is 11.6 Å². The van der Waals surface area contributed by atoms with Gasteiger partial charge in [0.25, 0.3) is 0 Å². The summed E-state index contributed by atoms with van der Waals surface area (Å²) >= 11 is 0. The van der Waals surface area contributed by atoms with Crippen LogP contribution in [-0.4, -0.2) is 12.5 Å². The van der Waals surface area contributed by atoms with E-state index in [-0.39, 0.29) is 6.42 Å². The molecular weight excluding hydrogens is 257 g/mol. The second kappa shape index (κ2) is 7.78. The lowest BCUT2D eigenvalue weighted by Crippen LogP contribution is -2.13. The molecule has 3 nitrogen and oxygen atoms in total. The van der Waals surface area contributed by atoms with Gasteiger partial charge in [0.1, 0.15) is 5.82 Å². The van der Waals surface area contributed by atoms with Crippen LogP contribution in [0.25, 0.3) is 0 Å². The minimum absolute atomic E-state index is 0.183. The summed E-state index contributed by atoms with van der Waals surface area (Å²) in [5.41, 5.74) is 4.86. The molecule has 0 unspecified atom stereocenters. The molecule has 3 N–H and O–H groups in total. The zero-order valence-corrected chi connectivity index (χ0v) is 10.5. The summed E-state index contributed by atoms with van der Waals surface area (Å²) in [4.78, 5) is 11.5. The molecule has 19 heavy (non-hydrogen) atoms. The Balaban J connectivity index is 2.44. The number of unbranched alkanes of at least 4 members (excludes halogenated alkanes) is 3. The van der Waals surface area contributed by atoms with E-state index >= 15 is 0 Å². The van der Waals surface area contributed by atoms with Crippen molar-refractivity contribution in [2.75, 3.05) is 11.9 Å². The molecule has 106 valence electrons.